The van der Waals surface area contributed by atoms with E-state index in [0.29, 0.717) is 82.7 Å². The molecule has 0 bridgehead atoms. The number of hydrogen-bond donors (Lipinski definition) is 0. The highest BCUT2D eigenvalue weighted by Crippen LogP contribution is 2.13. The van der Waals surface area contributed by atoms with Crippen LogP contribution in [0.2, 0.25) is 0 Å². The van der Waals surface area contributed by atoms with E-state index in [9.17, 15) is 0 Å². The van der Waals surface area contributed by atoms with E-state index in [1.165, 1.54) is 38.0 Å². The molecule has 0 fully saturated rings. The van der Waals surface area contributed by atoms with Gasteiger partial charge in [-0.15, -0.1) is 76.5 Å². The largest absolute Gasteiger partial charge is 0.261 e. The first-order valence-corrected chi connectivity index (χ1v) is 38.1. The molecule has 13 heterocycles. The van der Waals surface area contributed by atoms with E-state index in [0.717, 1.165) is 63.2 Å². The Kier molecular flexibility index (Phi) is 55.4. The maximum atomic E-state index is 4.12. The second-order valence-electron chi connectivity index (χ2n) is 28.2. The van der Waals surface area contributed by atoms with Gasteiger partial charge in [-0.25, -0.2) is 54.8 Å². The van der Waals surface area contributed by atoms with Crippen LogP contribution in [0.15, 0.2) is 155 Å². The molecule has 13 rings (SSSR count). The van der Waals surface area contributed by atoms with Crippen LogP contribution < -0.4 is 0 Å². The van der Waals surface area contributed by atoms with Gasteiger partial charge in [-0.05, 0) is 108 Å². The third kappa shape index (κ3) is 51.4. The molecule has 13 aromatic rings. The molecule has 13 aromatic heterocycles. The summed E-state index contributed by atoms with van der Waals surface area (Å²) in [6.45, 7) is 53.4. The normalized spacial score (nSPS) is 10.1. The van der Waals surface area contributed by atoms with E-state index in [-0.39, 0.29) is 5.92 Å². The summed E-state index contributed by atoms with van der Waals surface area (Å²) in [7, 11) is 0. The van der Waals surface area contributed by atoms with Crippen LogP contribution in [0.4, 0.5) is 0 Å². The number of nitrogens with zero attached hydrogens (tertiary/aromatic N) is 40. The topological polar surface area (TPSA) is 516 Å². The Morgan fingerprint density at radius 1 is 0.162 bits per heavy atom. The Balaban J connectivity index is 0.000000634. The van der Waals surface area contributed by atoms with Crippen molar-refractivity contribution in [1.82, 2.24) is 203 Å². The first-order valence-electron chi connectivity index (χ1n) is 38.1. The second kappa shape index (κ2) is 63.5. The second-order valence-corrected chi connectivity index (χ2v) is 28.2. The SMILES string of the molecule is CC(C)c1cccnn1.CC(C)c1ccncn1.CC(C)c1ccnnn1.CC(C)c1cnccn1.CC(C)c1cncnn1.CC(C)c1cnncn1.CC(C)c1cnnnn1.CC(C)c1ncccn1.CC(C)c1nccnn1.CC(C)c1ncncn1.CC(C)c1ncnnn1.CC(C)c1nncnn1.CC(C)c1nnnnn1. The molecular weight excluding hydrogens is 1490 g/mol. The molecule has 624 valence electrons. The highest BCUT2D eigenvalue weighted by Gasteiger charge is 2.07. The predicted molar refractivity (Wildman–Crippen MR) is 439 cm³/mol. The van der Waals surface area contributed by atoms with E-state index in [2.05, 4.69) is 314 Å². The Labute approximate surface area is 687 Å². The molecule has 0 aromatic carbocycles. The molecule has 0 amide bonds. The zero-order valence-electron chi connectivity index (χ0n) is 72.3. The maximum absolute atomic E-state index is 4.12. The fourth-order valence-corrected chi connectivity index (χ4v) is 6.96. The van der Waals surface area contributed by atoms with Crippen molar-refractivity contribution in [2.24, 2.45) is 0 Å². The minimum absolute atomic E-state index is 0.271. The summed E-state index contributed by atoms with van der Waals surface area (Å²) in [5.74, 6) is 9.93. The third-order valence-corrected chi connectivity index (χ3v) is 13.8. The molecule has 40 nitrogen and oxygen atoms in total. The molecule has 0 atom stereocenters. The van der Waals surface area contributed by atoms with E-state index in [1.807, 2.05) is 99.6 Å². The molecule has 0 aliphatic carbocycles. The van der Waals surface area contributed by atoms with Gasteiger partial charge in [0.2, 0.25) is 0 Å². The van der Waals surface area contributed by atoms with Crippen LogP contribution in [-0.2, 0) is 0 Å². The summed E-state index contributed by atoms with van der Waals surface area (Å²) >= 11 is 0. The molecule has 0 saturated carbocycles. The van der Waals surface area contributed by atoms with Gasteiger partial charge in [0.15, 0.2) is 29.6 Å². The van der Waals surface area contributed by atoms with E-state index in [4.69, 9.17) is 0 Å². The van der Waals surface area contributed by atoms with Crippen LogP contribution in [0.25, 0.3) is 0 Å². The van der Waals surface area contributed by atoms with Crippen LogP contribution in [0.1, 0.15) is 332 Å². The number of rotatable bonds is 13. The predicted octanol–water partition coefficient (Wildman–Crippen LogP) is 12.3. The van der Waals surface area contributed by atoms with Crippen molar-refractivity contribution in [3.05, 3.63) is 230 Å². The van der Waals surface area contributed by atoms with E-state index in [1.54, 1.807) is 86.9 Å². The summed E-state index contributed by atoms with van der Waals surface area (Å²) in [5, 5.41) is 97.3. The van der Waals surface area contributed by atoms with Gasteiger partial charge in [0.05, 0.1) is 65.1 Å². The van der Waals surface area contributed by atoms with Gasteiger partial charge in [0, 0.05) is 90.8 Å². The lowest BCUT2D eigenvalue weighted by atomic mass is 10.1. The van der Waals surface area contributed by atoms with Crippen LogP contribution in [0, 0.1) is 0 Å². The summed E-state index contributed by atoms with van der Waals surface area (Å²) < 4.78 is 0. The minimum Gasteiger partial charge on any atom is -0.261 e. The lowest BCUT2D eigenvalue weighted by Gasteiger charge is -1.99. The van der Waals surface area contributed by atoms with Crippen LogP contribution >= 0.6 is 0 Å². The van der Waals surface area contributed by atoms with Gasteiger partial charge >= 0.3 is 0 Å². The van der Waals surface area contributed by atoms with Gasteiger partial charge in [-0.1, -0.05) is 180 Å². The zero-order valence-corrected chi connectivity index (χ0v) is 72.3. The van der Waals surface area contributed by atoms with E-state index >= 15 is 0 Å². The van der Waals surface area contributed by atoms with Crippen molar-refractivity contribution < 1.29 is 0 Å². The highest BCUT2D eigenvalue weighted by molar-refractivity contribution is 5.05. The lowest BCUT2D eigenvalue weighted by molar-refractivity contribution is 0.604. The minimum atomic E-state index is 0.271. The maximum Gasteiger partial charge on any atom is 0.179 e. The van der Waals surface area contributed by atoms with E-state index < -0.39 is 0 Å². The molecule has 0 saturated heterocycles. The fourth-order valence-electron chi connectivity index (χ4n) is 6.96. The van der Waals surface area contributed by atoms with Gasteiger partial charge < -0.3 is 0 Å². The Morgan fingerprint density at radius 2 is 0.581 bits per heavy atom. The monoisotopic (exact) mass is 1600 g/mol. The van der Waals surface area contributed by atoms with Crippen LogP contribution in [0.3, 0.4) is 0 Å². The first-order chi connectivity index (χ1) is 56.0. The summed E-state index contributed by atoms with van der Waals surface area (Å²) in [5.41, 5.74) is 7.01. The molecule has 0 aliphatic heterocycles. The molecule has 0 radical (unpaired) electrons. The fraction of sp³-hybridized carbons (Fsp3) is 0.506. The molecule has 117 heavy (non-hydrogen) atoms. The standard InChI is InChI=1S/4C7H10N2.5C6H9N3.3C5H8N4.C4H7N5/c1-6(2)7-5-8-3-4-9-7;1-6(2)7-3-4-8-5-9-7;1-6(2)7-8-4-3-5-9-7;1-6(2)7-4-3-5-8-9-7;1-5(2)6-8-3-7-4-9-6;1-5(2)6-3-8-9-4-7-6;1-5(2)6-3-7-4-8-9-6;1-5(2)6-7-3-4-8-9-6;1-5(2)6-3-4-7-9-8-6;1-4(2)5-8-6-3-7-9-5;1-4(2)5-6-3-7-9-8-5;1-4(2)5-3-6-8-9-7-5;1-3(2)4-5-7-9-8-6-4/h4*3-6H,1-2H3;5*3-5H,1-2H3;3*3-4H,1-2H3;3H,1-2H3. The van der Waals surface area contributed by atoms with Crippen molar-refractivity contribution in [3.63, 3.8) is 0 Å². The van der Waals surface area contributed by atoms with Crippen molar-refractivity contribution in [2.75, 3.05) is 0 Å². The van der Waals surface area contributed by atoms with Crippen molar-refractivity contribution >= 4 is 0 Å². The molecule has 0 unspecified atom stereocenters. The number of hydrogen-bond acceptors (Lipinski definition) is 40. The van der Waals surface area contributed by atoms with Crippen LogP contribution in [0.5, 0.6) is 0 Å². The number of aromatic nitrogens is 40. The van der Waals surface area contributed by atoms with Crippen LogP contribution in [-0.4, -0.2) is 203 Å². The molecule has 0 N–H and O–H groups in total. The van der Waals surface area contributed by atoms with Crippen molar-refractivity contribution in [2.45, 2.75) is 257 Å². The highest BCUT2D eigenvalue weighted by atomic mass is 15.5. The zero-order chi connectivity index (χ0) is 87.0. The van der Waals surface area contributed by atoms with Gasteiger partial charge in [-0.3, -0.25) is 9.97 Å². The van der Waals surface area contributed by atoms with Gasteiger partial charge in [-0.2, -0.15) is 25.5 Å². The molecule has 0 spiro atoms. The van der Waals surface area contributed by atoms with Crippen molar-refractivity contribution in [3.8, 4) is 0 Å². The molecule has 0 aliphatic rings. The Morgan fingerprint density at radius 3 is 0.915 bits per heavy atom. The third-order valence-electron chi connectivity index (χ3n) is 13.8. The quantitative estimate of drug-likeness (QED) is 0.103. The first kappa shape index (κ1) is 102. The average Bonchev–Trinajstić information content (AvgIpc) is 1.12. The van der Waals surface area contributed by atoms with Crippen molar-refractivity contribution in [1.29, 1.82) is 0 Å². The smallest absolute Gasteiger partial charge is 0.179 e. The Bertz CT molecular complexity index is 3270. The average molecular weight is 1600 g/mol. The summed E-state index contributed by atoms with van der Waals surface area (Å²) in [6.07, 6.45) is 32.4. The lowest BCUT2D eigenvalue weighted by Crippen LogP contribution is -2.03. The molecular formula is C77H116N40. The summed E-state index contributed by atoms with van der Waals surface area (Å²) in [6, 6.07) is 9.52. The molecule has 40 heteroatoms. The van der Waals surface area contributed by atoms with Gasteiger partial charge in [0.25, 0.3) is 0 Å². The summed E-state index contributed by atoms with van der Waals surface area (Å²) in [4.78, 5) is 51.4. The Hall–Kier alpha value is -12.9. The van der Waals surface area contributed by atoms with Gasteiger partial charge in [0.1, 0.15) is 49.6 Å².